The summed E-state index contributed by atoms with van der Waals surface area (Å²) in [6, 6.07) is 2.93. The SMILES string of the molecule is CCS(=O)(=O)Oc1c(-c2ccc(OC)nc2)csc1C(F)(F)F. The van der Waals surface area contributed by atoms with E-state index in [1.165, 1.54) is 37.7 Å². The molecule has 2 heterocycles. The highest BCUT2D eigenvalue weighted by molar-refractivity contribution is 7.87. The minimum absolute atomic E-state index is 0.00880. The molecule has 0 saturated heterocycles. The van der Waals surface area contributed by atoms with Crippen LogP contribution in [0.1, 0.15) is 11.8 Å². The van der Waals surface area contributed by atoms with Crippen LogP contribution < -0.4 is 8.92 Å². The number of hydrogen-bond donors (Lipinski definition) is 0. The lowest BCUT2D eigenvalue weighted by atomic mass is 10.1. The summed E-state index contributed by atoms with van der Waals surface area (Å²) >= 11 is 0.366. The number of rotatable bonds is 5. The molecule has 0 aromatic carbocycles. The van der Waals surface area contributed by atoms with E-state index in [0.717, 1.165) is 0 Å². The molecule has 0 aliphatic carbocycles. The second kappa shape index (κ2) is 6.36. The molecule has 0 radical (unpaired) electrons. The van der Waals surface area contributed by atoms with Gasteiger partial charge in [-0.2, -0.15) is 21.6 Å². The quantitative estimate of drug-likeness (QED) is 0.756. The lowest BCUT2D eigenvalue weighted by molar-refractivity contribution is -0.135. The van der Waals surface area contributed by atoms with Crippen molar-refractivity contribution in [2.24, 2.45) is 0 Å². The van der Waals surface area contributed by atoms with Gasteiger partial charge in [-0.3, -0.25) is 0 Å². The van der Waals surface area contributed by atoms with Gasteiger partial charge in [-0.05, 0) is 13.0 Å². The van der Waals surface area contributed by atoms with E-state index in [2.05, 4.69) is 4.98 Å². The molecule has 0 bridgehead atoms. The first-order valence-electron chi connectivity index (χ1n) is 6.29. The molecule has 0 amide bonds. The summed E-state index contributed by atoms with van der Waals surface area (Å²) in [5, 5.41) is 1.19. The summed E-state index contributed by atoms with van der Waals surface area (Å²) in [7, 11) is -2.71. The van der Waals surface area contributed by atoms with Crippen LogP contribution in [-0.4, -0.2) is 26.3 Å². The maximum Gasteiger partial charge on any atom is 0.429 e. The Labute approximate surface area is 134 Å². The van der Waals surface area contributed by atoms with Gasteiger partial charge in [0.1, 0.15) is 0 Å². The minimum atomic E-state index is -4.72. The van der Waals surface area contributed by atoms with Crippen LogP contribution >= 0.6 is 11.3 Å². The third kappa shape index (κ3) is 3.94. The summed E-state index contributed by atoms with van der Waals surface area (Å²) in [6.45, 7) is 1.28. The van der Waals surface area contributed by atoms with Crippen LogP contribution in [0, 0.1) is 0 Å². The Balaban J connectivity index is 2.57. The molecule has 2 aromatic rings. The van der Waals surface area contributed by atoms with Crippen molar-refractivity contribution in [3.8, 4) is 22.8 Å². The van der Waals surface area contributed by atoms with E-state index in [1.54, 1.807) is 0 Å². The molecule has 23 heavy (non-hydrogen) atoms. The minimum Gasteiger partial charge on any atom is -0.481 e. The normalized spacial score (nSPS) is 12.2. The smallest absolute Gasteiger partial charge is 0.429 e. The lowest BCUT2D eigenvalue weighted by Crippen LogP contribution is -2.14. The summed E-state index contributed by atoms with van der Waals surface area (Å²) in [5.41, 5.74) is 0.299. The molecule has 0 atom stereocenters. The number of pyridine rings is 1. The van der Waals surface area contributed by atoms with Crippen molar-refractivity contribution in [2.75, 3.05) is 12.9 Å². The van der Waals surface area contributed by atoms with Gasteiger partial charge in [-0.15, -0.1) is 11.3 Å². The largest absolute Gasteiger partial charge is 0.481 e. The van der Waals surface area contributed by atoms with Gasteiger partial charge in [0.2, 0.25) is 5.88 Å². The number of methoxy groups -OCH3 is 1. The number of aromatic nitrogens is 1. The lowest BCUT2D eigenvalue weighted by Gasteiger charge is -2.11. The van der Waals surface area contributed by atoms with Crippen LogP contribution in [0.3, 0.4) is 0 Å². The molecule has 2 rings (SSSR count). The average Bonchev–Trinajstić information content (AvgIpc) is 2.90. The Kier molecular flexibility index (Phi) is 4.85. The zero-order chi connectivity index (χ0) is 17.3. The molecule has 2 aromatic heterocycles. The van der Waals surface area contributed by atoms with Crippen LogP contribution in [0.25, 0.3) is 11.1 Å². The number of hydrogen-bond acceptors (Lipinski definition) is 6. The van der Waals surface area contributed by atoms with Crippen LogP contribution in [0.4, 0.5) is 13.2 Å². The van der Waals surface area contributed by atoms with Crippen molar-refractivity contribution in [1.82, 2.24) is 4.98 Å². The average molecular weight is 367 g/mol. The van der Waals surface area contributed by atoms with Crippen molar-refractivity contribution < 1.29 is 30.5 Å². The van der Waals surface area contributed by atoms with E-state index in [4.69, 9.17) is 8.92 Å². The first-order valence-corrected chi connectivity index (χ1v) is 8.75. The molecular weight excluding hydrogens is 355 g/mol. The fourth-order valence-corrected chi connectivity index (χ4v) is 3.14. The second-order valence-electron chi connectivity index (χ2n) is 4.32. The molecule has 0 N–H and O–H groups in total. The van der Waals surface area contributed by atoms with Gasteiger partial charge in [-0.1, -0.05) is 0 Å². The van der Waals surface area contributed by atoms with Crippen LogP contribution in [-0.2, 0) is 16.3 Å². The Morgan fingerprint density at radius 1 is 1.30 bits per heavy atom. The number of ether oxygens (including phenoxy) is 1. The van der Waals surface area contributed by atoms with Crippen molar-refractivity contribution in [1.29, 1.82) is 0 Å². The first-order chi connectivity index (χ1) is 10.7. The van der Waals surface area contributed by atoms with Gasteiger partial charge < -0.3 is 8.92 Å². The Bertz CT molecular complexity index is 783. The van der Waals surface area contributed by atoms with Gasteiger partial charge in [-0.25, -0.2) is 4.98 Å². The molecule has 5 nitrogen and oxygen atoms in total. The predicted octanol–water partition coefficient (Wildman–Crippen LogP) is 3.57. The zero-order valence-corrected chi connectivity index (χ0v) is 13.7. The van der Waals surface area contributed by atoms with Gasteiger partial charge in [0.25, 0.3) is 0 Å². The molecule has 126 valence electrons. The number of alkyl halides is 3. The third-order valence-corrected chi connectivity index (χ3v) is 4.96. The maximum atomic E-state index is 13.1. The number of thiophene rings is 1. The maximum absolute atomic E-state index is 13.1. The van der Waals surface area contributed by atoms with E-state index in [-0.39, 0.29) is 11.4 Å². The van der Waals surface area contributed by atoms with Gasteiger partial charge >= 0.3 is 16.3 Å². The van der Waals surface area contributed by atoms with Crippen LogP contribution in [0.5, 0.6) is 11.6 Å². The number of nitrogens with zero attached hydrogens (tertiary/aromatic N) is 1. The van der Waals surface area contributed by atoms with E-state index in [0.29, 0.717) is 16.9 Å². The first kappa shape index (κ1) is 17.5. The molecule has 0 saturated carbocycles. The predicted molar refractivity (Wildman–Crippen MR) is 79.2 cm³/mol. The standard InChI is InChI=1S/C13H12F3NO4S2/c1-3-23(18,19)21-11-9(7-22-12(11)13(14,15)16)8-4-5-10(20-2)17-6-8/h4-7H,3H2,1-2H3. The van der Waals surface area contributed by atoms with Crippen molar-refractivity contribution >= 4 is 21.5 Å². The highest BCUT2D eigenvalue weighted by Gasteiger charge is 2.39. The third-order valence-electron chi connectivity index (χ3n) is 2.82. The number of halogens is 3. The van der Waals surface area contributed by atoms with Gasteiger partial charge in [0.15, 0.2) is 10.6 Å². The van der Waals surface area contributed by atoms with E-state index in [9.17, 15) is 21.6 Å². The Hall–Kier alpha value is -1.81. The van der Waals surface area contributed by atoms with Crippen molar-refractivity contribution in [2.45, 2.75) is 13.1 Å². The van der Waals surface area contributed by atoms with E-state index < -0.39 is 32.7 Å². The Morgan fingerprint density at radius 3 is 2.48 bits per heavy atom. The molecule has 0 unspecified atom stereocenters. The second-order valence-corrected chi connectivity index (χ2v) is 7.06. The molecule has 0 aliphatic rings. The van der Waals surface area contributed by atoms with Gasteiger partial charge in [0, 0.05) is 28.8 Å². The molecule has 0 spiro atoms. The summed E-state index contributed by atoms with van der Waals surface area (Å²) in [6.07, 6.45) is -3.44. The Morgan fingerprint density at radius 2 is 2.00 bits per heavy atom. The highest BCUT2D eigenvalue weighted by atomic mass is 32.2. The topological polar surface area (TPSA) is 65.5 Å². The molecule has 10 heteroatoms. The van der Waals surface area contributed by atoms with E-state index in [1.807, 2.05) is 0 Å². The van der Waals surface area contributed by atoms with Crippen LogP contribution in [0.15, 0.2) is 23.7 Å². The summed E-state index contributed by atoms with van der Waals surface area (Å²) in [4.78, 5) is 2.79. The highest BCUT2D eigenvalue weighted by Crippen LogP contribution is 2.47. The summed E-state index contributed by atoms with van der Waals surface area (Å²) in [5.74, 6) is -0.888. The van der Waals surface area contributed by atoms with Crippen LogP contribution in [0.2, 0.25) is 0 Å². The molecule has 0 aliphatic heterocycles. The van der Waals surface area contributed by atoms with Gasteiger partial charge in [0.05, 0.1) is 12.9 Å². The summed E-state index contributed by atoms with van der Waals surface area (Å²) < 4.78 is 72.0. The fourth-order valence-electron chi connectivity index (χ4n) is 1.67. The van der Waals surface area contributed by atoms with E-state index >= 15 is 0 Å². The zero-order valence-electron chi connectivity index (χ0n) is 12.0. The fraction of sp³-hybridized carbons (Fsp3) is 0.308. The molecule has 0 fully saturated rings. The van der Waals surface area contributed by atoms with Crippen molar-refractivity contribution in [3.63, 3.8) is 0 Å². The monoisotopic (exact) mass is 367 g/mol. The van der Waals surface area contributed by atoms with Crippen molar-refractivity contribution in [3.05, 3.63) is 28.6 Å². The molecular formula is C13H12F3NO4S2.